The number of aliphatic imine (C=N–C) groups is 1. The number of allylic oxidation sites excluding steroid dienone is 4. The molecule has 0 spiro atoms. The zero-order valence-corrected chi connectivity index (χ0v) is 17.6. The van der Waals surface area contributed by atoms with Gasteiger partial charge in [0.1, 0.15) is 11.7 Å². The molecule has 2 fully saturated rings. The number of methoxy groups -OCH3 is 1. The SMILES string of the molecule is COCCCN1C(=O)N(C2=N/C=C(C#Cc3ccc(F)cc3)\C=C\C=C2)[C@@H]2CCC[C@@H]21. The molecule has 2 atom stereocenters. The normalized spacial score (nSPS) is 25.2. The van der Waals surface area contributed by atoms with E-state index in [1.165, 1.54) is 12.1 Å². The molecular weight excluding hydrogens is 393 g/mol. The van der Waals surface area contributed by atoms with Gasteiger partial charge in [-0.2, -0.15) is 0 Å². The Hall–Kier alpha value is -3.17. The number of carbonyl (C=O) groups excluding carboxylic acids is 1. The van der Waals surface area contributed by atoms with Gasteiger partial charge >= 0.3 is 6.03 Å². The second-order valence-electron chi connectivity index (χ2n) is 7.80. The molecule has 4 rings (SSSR count). The van der Waals surface area contributed by atoms with Crippen LogP contribution in [0, 0.1) is 17.7 Å². The molecule has 31 heavy (non-hydrogen) atoms. The summed E-state index contributed by atoms with van der Waals surface area (Å²) in [5.74, 6) is 6.45. The minimum atomic E-state index is -0.285. The van der Waals surface area contributed by atoms with Crippen LogP contribution in [-0.4, -0.2) is 54.0 Å². The van der Waals surface area contributed by atoms with E-state index in [1.54, 1.807) is 25.4 Å². The molecule has 6 heteroatoms. The molecule has 0 unspecified atom stereocenters. The van der Waals surface area contributed by atoms with Crippen LogP contribution in [0.3, 0.4) is 0 Å². The molecule has 2 aliphatic heterocycles. The highest BCUT2D eigenvalue weighted by atomic mass is 19.1. The number of hydrogen-bond acceptors (Lipinski definition) is 3. The third kappa shape index (κ3) is 4.78. The summed E-state index contributed by atoms with van der Waals surface area (Å²) in [6, 6.07) is 6.48. The summed E-state index contributed by atoms with van der Waals surface area (Å²) in [6.07, 6.45) is 13.2. The van der Waals surface area contributed by atoms with Crippen molar-refractivity contribution < 1.29 is 13.9 Å². The van der Waals surface area contributed by atoms with E-state index in [2.05, 4.69) is 16.8 Å². The van der Waals surface area contributed by atoms with E-state index in [9.17, 15) is 9.18 Å². The molecule has 1 saturated heterocycles. The Kier molecular flexibility index (Phi) is 6.63. The molecule has 1 aromatic rings. The van der Waals surface area contributed by atoms with Crippen molar-refractivity contribution in [2.24, 2.45) is 4.99 Å². The van der Waals surface area contributed by atoms with E-state index in [-0.39, 0.29) is 23.9 Å². The predicted molar refractivity (Wildman–Crippen MR) is 119 cm³/mol. The lowest BCUT2D eigenvalue weighted by atomic mass is 10.1. The molecular formula is C25H26FN3O2. The van der Waals surface area contributed by atoms with Crippen molar-refractivity contribution in [2.45, 2.75) is 37.8 Å². The quantitative estimate of drug-likeness (QED) is 0.540. The van der Waals surface area contributed by atoms with Crippen LogP contribution < -0.4 is 0 Å². The topological polar surface area (TPSA) is 45.1 Å². The number of ether oxygens (including phenoxy) is 1. The molecule has 0 N–H and O–H groups in total. The summed E-state index contributed by atoms with van der Waals surface area (Å²) in [7, 11) is 1.68. The molecule has 1 saturated carbocycles. The van der Waals surface area contributed by atoms with Crippen LogP contribution in [0.15, 0.2) is 65.3 Å². The summed E-state index contributed by atoms with van der Waals surface area (Å²) in [5, 5.41) is 0. The van der Waals surface area contributed by atoms with Gasteiger partial charge in [-0.25, -0.2) is 14.2 Å². The molecule has 0 radical (unpaired) electrons. The van der Waals surface area contributed by atoms with Crippen molar-refractivity contribution in [3.8, 4) is 11.8 Å². The Morgan fingerprint density at radius 1 is 1.13 bits per heavy atom. The number of amidine groups is 1. The standard InChI is InChI=1S/C25H26FN3O2/c1-31-17-5-16-28-22-7-4-8-23(22)29(25(28)30)24-9-3-2-6-20(18-27-24)11-10-19-12-14-21(26)15-13-19/h2-3,6,9,12-15,18,22-23H,4-5,7-8,16-17H2,1H3/b3-2?,6-2+,9-3?,20-6?,20-18+,24-9?,27-18?,27-24?/t22-,23+/m0/s1. The summed E-state index contributed by atoms with van der Waals surface area (Å²) >= 11 is 0. The van der Waals surface area contributed by atoms with Crippen molar-refractivity contribution in [1.29, 1.82) is 0 Å². The van der Waals surface area contributed by atoms with Gasteiger partial charge in [0.25, 0.3) is 0 Å². The number of rotatable bonds is 4. The van der Waals surface area contributed by atoms with Gasteiger partial charge in [-0.05, 0) is 62.1 Å². The number of carbonyl (C=O) groups is 1. The lowest BCUT2D eigenvalue weighted by Gasteiger charge is -2.22. The number of benzene rings is 1. The fourth-order valence-corrected chi connectivity index (χ4v) is 4.33. The highest BCUT2D eigenvalue weighted by Gasteiger charge is 2.49. The second kappa shape index (κ2) is 9.76. The van der Waals surface area contributed by atoms with Crippen LogP contribution in [0.1, 0.15) is 31.2 Å². The highest BCUT2D eigenvalue weighted by molar-refractivity contribution is 6.06. The Balaban J connectivity index is 1.55. The van der Waals surface area contributed by atoms with Crippen LogP contribution in [0.5, 0.6) is 0 Å². The van der Waals surface area contributed by atoms with E-state index in [0.29, 0.717) is 19.0 Å². The van der Waals surface area contributed by atoms with Gasteiger partial charge in [-0.15, -0.1) is 0 Å². The maximum absolute atomic E-state index is 13.2. The molecule has 160 valence electrons. The van der Waals surface area contributed by atoms with Crippen molar-refractivity contribution in [1.82, 2.24) is 9.80 Å². The van der Waals surface area contributed by atoms with Gasteiger partial charge in [0.05, 0.1) is 12.1 Å². The lowest BCUT2D eigenvalue weighted by molar-refractivity contribution is 0.165. The molecule has 3 aliphatic rings. The Morgan fingerprint density at radius 3 is 2.71 bits per heavy atom. The van der Waals surface area contributed by atoms with Gasteiger partial charge in [0.15, 0.2) is 0 Å². The number of urea groups is 1. The molecule has 1 aliphatic carbocycles. The van der Waals surface area contributed by atoms with Gasteiger partial charge in [0.2, 0.25) is 0 Å². The van der Waals surface area contributed by atoms with Gasteiger partial charge in [-0.3, -0.25) is 4.90 Å². The number of nitrogens with zero attached hydrogens (tertiary/aromatic N) is 3. The van der Waals surface area contributed by atoms with Crippen LogP contribution in [-0.2, 0) is 4.74 Å². The summed E-state index contributed by atoms with van der Waals surface area (Å²) in [6.45, 7) is 1.34. The van der Waals surface area contributed by atoms with Crippen LogP contribution in [0.2, 0.25) is 0 Å². The summed E-state index contributed by atoms with van der Waals surface area (Å²) in [5.41, 5.74) is 1.45. The Labute approximate surface area is 182 Å². The maximum Gasteiger partial charge on any atom is 0.326 e. The first-order chi connectivity index (χ1) is 15.2. The number of hydrogen-bond donors (Lipinski definition) is 0. The molecule has 5 nitrogen and oxygen atoms in total. The third-order valence-corrected chi connectivity index (χ3v) is 5.79. The van der Waals surface area contributed by atoms with E-state index in [1.807, 2.05) is 34.1 Å². The van der Waals surface area contributed by atoms with E-state index in [0.717, 1.165) is 36.8 Å². The van der Waals surface area contributed by atoms with Crippen molar-refractivity contribution in [2.75, 3.05) is 20.3 Å². The van der Waals surface area contributed by atoms with Crippen LogP contribution in [0.25, 0.3) is 0 Å². The largest absolute Gasteiger partial charge is 0.385 e. The molecule has 0 bridgehead atoms. The van der Waals surface area contributed by atoms with Gasteiger partial charge < -0.3 is 9.64 Å². The lowest BCUT2D eigenvalue weighted by Crippen LogP contribution is -2.39. The summed E-state index contributed by atoms with van der Waals surface area (Å²) in [4.78, 5) is 21.7. The van der Waals surface area contributed by atoms with Crippen molar-refractivity contribution in [3.63, 3.8) is 0 Å². The van der Waals surface area contributed by atoms with Crippen molar-refractivity contribution in [3.05, 3.63) is 71.7 Å². The average molecular weight is 420 g/mol. The fourth-order valence-electron chi connectivity index (χ4n) is 4.33. The van der Waals surface area contributed by atoms with Gasteiger partial charge in [0, 0.05) is 37.6 Å². The molecule has 2 heterocycles. The first kappa shape index (κ1) is 21.1. The third-order valence-electron chi connectivity index (χ3n) is 5.79. The minimum Gasteiger partial charge on any atom is -0.385 e. The van der Waals surface area contributed by atoms with E-state index >= 15 is 0 Å². The summed E-state index contributed by atoms with van der Waals surface area (Å²) < 4.78 is 18.2. The predicted octanol–water partition coefficient (Wildman–Crippen LogP) is 4.28. The van der Waals surface area contributed by atoms with E-state index < -0.39 is 0 Å². The van der Waals surface area contributed by atoms with Crippen LogP contribution >= 0.6 is 0 Å². The smallest absolute Gasteiger partial charge is 0.326 e. The van der Waals surface area contributed by atoms with Gasteiger partial charge in [-0.1, -0.05) is 24.0 Å². The monoisotopic (exact) mass is 419 g/mol. The zero-order valence-electron chi connectivity index (χ0n) is 17.6. The number of halogens is 1. The second-order valence-corrected chi connectivity index (χ2v) is 7.80. The molecule has 2 amide bonds. The molecule has 1 aromatic carbocycles. The average Bonchev–Trinajstić information content (AvgIpc) is 3.31. The van der Waals surface area contributed by atoms with E-state index in [4.69, 9.17) is 4.74 Å². The highest BCUT2D eigenvalue weighted by Crippen LogP contribution is 2.36. The maximum atomic E-state index is 13.2. The fraction of sp³-hybridized carbons (Fsp3) is 0.360. The Bertz CT molecular complexity index is 998. The van der Waals surface area contributed by atoms with Crippen LogP contribution in [0.4, 0.5) is 9.18 Å². The minimum absolute atomic E-state index is 0.0195. The zero-order chi connectivity index (χ0) is 21.6. The number of fused-ring (bicyclic) bond motifs is 1. The molecule has 0 aromatic heterocycles. The Morgan fingerprint density at radius 2 is 1.90 bits per heavy atom. The van der Waals surface area contributed by atoms with Crippen molar-refractivity contribution >= 4 is 11.9 Å². The number of amides is 2. The first-order valence-electron chi connectivity index (χ1n) is 10.7. The first-order valence-corrected chi connectivity index (χ1v) is 10.7.